The Morgan fingerprint density at radius 3 is 2.46 bits per heavy atom. The molecule has 3 N–H and O–H groups in total. The number of rotatable bonds is 3. The van der Waals surface area contributed by atoms with E-state index < -0.39 is 5.60 Å². The van der Waals surface area contributed by atoms with Gasteiger partial charge in [0.05, 0.1) is 10.6 Å². The van der Waals surface area contributed by atoms with Crippen LogP contribution in [0, 0.1) is 0 Å². The maximum atomic E-state index is 10.4. The van der Waals surface area contributed by atoms with Crippen LogP contribution in [0.5, 0.6) is 0 Å². The predicted molar refractivity (Wildman–Crippen MR) is 98.2 cm³/mol. The van der Waals surface area contributed by atoms with E-state index in [4.69, 9.17) is 11.6 Å². The Bertz CT molecular complexity index is 936. The zero-order valence-electron chi connectivity index (χ0n) is 13.1. The largest absolute Gasteiger partial charge is 0.508 e. The highest BCUT2D eigenvalue weighted by Crippen LogP contribution is 2.42. The summed E-state index contributed by atoms with van der Waals surface area (Å²) < 4.78 is 0. The SMILES string of the molecule is C=C(O)c1c[nH]c2cc(Cl)c(-c3ccc(C4(O)CCC4)cc3)cc12. The molecule has 1 saturated carbocycles. The van der Waals surface area contributed by atoms with Gasteiger partial charge in [0.1, 0.15) is 5.76 Å². The normalized spacial score (nSPS) is 16.1. The van der Waals surface area contributed by atoms with Gasteiger partial charge in [0.25, 0.3) is 0 Å². The maximum absolute atomic E-state index is 10.4. The second kappa shape index (κ2) is 5.40. The van der Waals surface area contributed by atoms with Crippen molar-refractivity contribution in [2.75, 3.05) is 0 Å². The van der Waals surface area contributed by atoms with Crippen LogP contribution >= 0.6 is 11.6 Å². The van der Waals surface area contributed by atoms with Crippen molar-refractivity contribution >= 4 is 28.3 Å². The van der Waals surface area contributed by atoms with Gasteiger partial charge < -0.3 is 15.2 Å². The molecule has 0 amide bonds. The van der Waals surface area contributed by atoms with E-state index in [0.717, 1.165) is 46.9 Å². The number of halogens is 1. The molecule has 0 spiro atoms. The van der Waals surface area contributed by atoms with Crippen molar-refractivity contribution in [2.45, 2.75) is 24.9 Å². The Morgan fingerprint density at radius 1 is 1.17 bits per heavy atom. The number of aromatic nitrogens is 1. The third kappa shape index (κ3) is 2.32. The van der Waals surface area contributed by atoms with Gasteiger partial charge in [-0.2, -0.15) is 0 Å². The van der Waals surface area contributed by atoms with Crippen LogP contribution in [-0.4, -0.2) is 15.2 Å². The van der Waals surface area contributed by atoms with E-state index in [-0.39, 0.29) is 5.76 Å². The molecule has 1 aromatic heterocycles. The van der Waals surface area contributed by atoms with E-state index in [0.29, 0.717) is 10.6 Å². The van der Waals surface area contributed by atoms with Crippen LogP contribution in [0.2, 0.25) is 5.02 Å². The molecule has 4 rings (SSSR count). The topological polar surface area (TPSA) is 56.2 Å². The fourth-order valence-electron chi connectivity index (χ4n) is 3.36. The van der Waals surface area contributed by atoms with Gasteiger partial charge in [0.2, 0.25) is 0 Å². The first-order valence-corrected chi connectivity index (χ1v) is 8.38. The summed E-state index contributed by atoms with van der Waals surface area (Å²) in [6.07, 6.45) is 4.44. The average molecular weight is 340 g/mol. The fourth-order valence-corrected chi connectivity index (χ4v) is 3.64. The number of H-pyrrole nitrogens is 1. The zero-order valence-corrected chi connectivity index (χ0v) is 13.9. The van der Waals surface area contributed by atoms with E-state index in [1.54, 1.807) is 6.20 Å². The first kappa shape index (κ1) is 15.3. The second-order valence-corrected chi connectivity index (χ2v) is 6.90. The molecule has 1 aliphatic carbocycles. The molecule has 2 aromatic carbocycles. The lowest BCUT2D eigenvalue weighted by atomic mass is 9.75. The quantitative estimate of drug-likeness (QED) is 0.560. The van der Waals surface area contributed by atoms with Crippen molar-refractivity contribution in [1.82, 2.24) is 4.98 Å². The molecule has 0 unspecified atom stereocenters. The number of aliphatic hydroxyl groups excluding tert-OH is 1. The molecule has 4 heteroatoms. The Hall–Kier alpha value is -2.23. The lowest BCUT2D eigenvalue weighted by Crippen LogP contribution is -2.33. The third-order valence-corrected chi connectivity index (χ3v) is 5.31. The smallest absolute Gasteiger partial charge is 0.117 e. The first-order valence-electron chi connectivity index (χ1n) is 8.00. The molecular formula is C20H18ClNO2. The van der Waals surface area contributed by atoms with E-state index in [9.17, 15) is 10.2 Å². The Kier molecular flexibility index (Phi) is 3.44. The van der Waals surface area contributed by atoms with E-state index >= 15 is 0 Å². The number of aliphatic hydroxyl groups is 2. The summed E-state index contributed by atoms with van der Waals surface area (Å²) >= 11 is 6.44. The van der Waals surface area contributed by atoms with Gasteiger partial charge in [-0.15, -0.1) is 0 Å². The van der Waals surface area contributed by atoms with Crippen molar-refractivity contribution in [2.24, 2.45) is 0 Å². The summed E-state index contributed by atoms with van der Waals surface area (Å²) in [5.74, 6) is 0.0251. The molecule has 1 fully saturated rings. The minimum atomic E-state index is -0.658. The van der Waals surface area contributed by atoms with Gasteiger partial charge in [-0.25, -0.2) is 0 Å². The van der Waals surface area contributed by atoms with Gasteiger partial charge in [0.15, 0.2) is 0 Å². The Labute approximate surface area is 145 Å². The van der Waals surface area contributed by atoms with Crippen LogP contribution in [-0.2, 0) is 5.60 Å². The number of fused-ring (bicyclic) bond motifs is 1. The second-order valence-electron chi connectivity index (χ2n) is 6.49. The maximum Gasteiger partial charge on any atom is 0.117 e. The average Bonchev–Trinajstić information content (AvgIpc) is 2.95. The highest BCUT2D eigenvalue weighted by atomic mass is 35.5. The van der Waals surface area contributed by atoms with Crippen LogP contribution in [0.4, 0.5) is 0 Å². The summed E-state index contributed by atoms with van der Waals surface area (Å²) in [5.41, 5.74) is 3.69. The summed E-state index contributed by atoms with van der Waals surface area (Å²) in [6.45, 7) is 3.60. The van der Waals surface area contributed by atoms with Crippen LogP contribution < -0.4 is 0 Å². The van der Waals surface area contributed by atoms with Gasteiger partial charge >= 0.3 is 0 Å². The predicted octanol–water partition coefficient (Wildman–Crippen LogP) is 5.39. The van der Waals surface area contributed by atoms with Crippen molar-refractivity contribution in [3.05, 3.63) is 65.3 Å². The molecule has 0 aliphatic heterocycles. The van der Waals surface area contributed by atoms with Crippen LogP contribution in [0.25, 0.3) is 27.8 Å². The van der Waals surface area contributed by atoms with Gasteiger partial charge in [-0.05, 0) is 42.5 Å². The summed E-state index contributed by atoms with van der Waals surface area (Å²) in [7, 11) is 0. The molecule has 3 aromatic rings. The van der Waals surface area contributed by atoms with Crippen molar-refractivity contribution < 1.29 is 10.2 Å². The molecule has 0 atom stereocenters. The number of hydrogen-bond donors (Lipinski definition) is 3. The van der Waals surface area contributed by atoms with E-state index in [1.165, 1.54) is 0 Å². The minimum Gasteiger partial charge on any atom is -0.508 e. The molecule has 0 saturated heterocycles. The molecule has 3 nitrogen and oxygen atoms in total. The Balaban J connectivity index is 1.79. The number of nitrogens with one attached hydrogen (secondary N) is 1. The molecule has 0 bridgehead atoms. The monoisotopic (exact) mass is 339 g/mol. The molecule has 1 aliphatic rings. The lowest BCUT2D eigenvalue weighted by Gasteiger charge is -2.37. The van der Waals surface area contributed by atoms with E-state index in [2.05, 4.69) is 11.6 Å². The molecule has 122 valence electrons. The fraction of sp³-hybridized carbons (Fsp3) is 0.200. The van der Waals surface area contributed by atoms with Crippen LogP contribution in [0.15, 0.2) is 49.2 Å². The van der Waals surface area contributed by atoms with Crippen molar-refractivity contribution in [3.63, 3.8) is 0 Å². The summed E-state index contributed by atoms with van der Waals surface area (Å²) in [6, 6.07) is 11.7. The molecule has 24 heavy (non-hydrogen) atoms. The summed E-state index contributed by atoms with van der Waals surface area (Å²) in [4.78, 5) is 3.09. The first-order chi connectivity index (χ1) is 11.5. The standard InChI is InChI=1S/C20H18ClNO2/c1-12(23)17-11-22-19-10-18(21)15(9-16(17)19)13-3-5-14(6-4-13)20(24)7-2-8-20/h3-6,9-11,22-24H,1-2,7-8H2. The molecule has 1 heterocycles. The highest BCUT2D eigenvalue weighted by molar-refractivity contribution is 6.34. The number of hydrogen-bond acceptors (Lipinski definition) is 2. The van der Waals surface area contributed by atoms with Gasteiger partial charge in [-0.3, -0.25) is 0 Å². The number of aromatic amines is 1. The van der Waals surface area contributed by atoms with Gasteiger partial charge in [-0.1, -0.05) is 42.4 Å². The summed E-state index contributed by atoms with van der Waals surface area (Å²) in [5, 5.41) is 21.7. The molecule has 0 radical (unpaired) electrons. The number of benzene rings is 2. The highest BCUT2D eigenvalue weighted by Gasteiger charge is 2.35. The third-order valence-electron chi connectivity index (χ3n) is 4.99. The zero-order chi connectivity index (χ0) is 16.9. The minimum absolute atomic E-state index is 0.0251. The van der Waals surface area contributed by atoms with Crippen molar-refractivity contribution in [3.8, 4) is 11.1 Å². The lowest BCUT2D eigenvalue weighted by molar-refractivity contribution is -0.0387. The Morgan fingerprint density at radius 2 is 1.88 bits per heavy atom. The molecular weight excluding hydrogens is 322 g/mol. The van der Waals surface area contributed by atoms with Crippen molar-refractivity contribution in [1.29, 1.82) is 0 Å². The van der Waals surface area contributed by atoms with Crippen LogP contribution in [0.3, 0.4) is 0 Å². The van der Waals surface area contributed by atoms with E-state index in [1.807, 2.05) is 36.4 Å². The van der Waals surface area contributed by atoms with Gasteiger partial charge in [0, 0.05) is 28.2 Å². The van der Waals surface area contributed by atoms with Crippen LogP contribution in [0.1, 0.15) is 30.4 Å².